The maximum atomic E-state index is 11.1. The molecule has 0 amide bonds. The summed E-state index contributed by atoms with van der Waals surface area (Å²) >= 11 is 5.98. The zero-order valence-electron chi connectivity index (χ0n) is 7.39. The Labute approximate surface area is 93.7 Å². The molecule has 1 heterocycles. The number of hydrogen-bond acceptors (Lipinski definition) is 4. The minimum absolute atomic E-state index is 0.122. The van der Waals surface area contributed by atoms with Crippen LogP contribution < -0.4 is 11.2 Å². The SMILES string of the molecule is CS(=O)c1ccc(/C=N\NC(N)=S)s1. The number of nitrogens with zero attached hydrogens (tertiary/aromatic N) is 1. The second kappa shape index (κ2) is 5.18. The van der Waals surface area contributed by atoms with Crippen LogP contribution in [0.1, 0.15) is 4.88 Å². The molecule has 3 N–H and O–H groups in total. The normalized spacial score (nSPS) is 12.9. The van der Waals surface area contributed by atoms with E-state index in [4.69, 9.17) is 5.73 Å². The molecule has 1 aromatic heterocycles. The molecule has 76 valence electrons. The van der Waals surface area contributed by atoms with Gasteiger partial charge in [-0.05, 0) is 24.4 Å². The Morgan fingerprint density at radius 2 is 2.50 bits per heavy atom. The van der Waals surface area contributed by atoms with E-state index in [1.807, 2.05) is 12.1 Å². The van der Waals surface area contributed by atoms with Gasteiger partial charge in [-0.25, -0.2) is 0 Å². The molecule has 1 unspecified atom stereocenters. The fraction of sp³-hybridized carbons (Fsp3) is 0.143. The third-order valence-corrected chi connectivity index (χ3v) is 3.81. The summed E-state index contributed by atoms with van der Waals surface area (Å²) in [5.41, 5.74) is 7.61. The molecule has 0 spiro atoms. The van der Waals surface area contributed by atoms with Crippen LogP contribution in [0.3, 0.4) is 0 Å². The van der Waals surface area contributed by atoms with Crippen LogP contribution in [0.4, 0.5) is 0 Å². The van der Waals surface area contributed by atoms with E-state index in [2.05, 4.69) is 22.7 Å². The highest BCUT2D eigenvalue weighted by atomic mass is 32.2. The monoisotopic (exact) mass is 247 g/mol. The fourth-order valence-electron chi connectivity index (χ4n) is 0.718. The lowest BCUT2D eigenvalue weighted by atomic mass is 10.5. The molecular formula is C7H9N3OS3. The van der Waals surface area contributed by atoms with E-state index < -0.39 is 10.8 Å². The molecule has 4 nitrogen and oxygen atoms in total. The molecule has 0 fully saturated rings. The number of thiophene rings is 1. The minimum Gasteiger partial charge on any atom is -0.375 e. The molecule has 0 aliphatic heterocycles. The van der Waals surface area contributed by atoms with Crippen LogP contribution in [0.25, 0.3) is 0 Å². The van der Waals surface area contributed by atoms with Gasteiger partial charge in [0.2, 0.25) is 0 Å². The third-order valence-electron chi connectivity index (χ3n) is 1.25. The Hall–Kier alpha value is -0.790. The molecule has 0 aliphatic carbocycles. The summed E-state index contributed by atoms with van der Waals surface area (Å²) in [4.78, 5) is 0.902. The summed E-state index contributed by atoms with van der Waals surface area (Å²) in [6.45, 7) is 0. The number of nitrogens with one attached hydrogen (secondary N) is 1. The van der Waals surface area contributed by atoms with Crippen molar-refractivity contribution in [1.29, 1.82) is 0 Å². The van der Waals surface area contributed by atoms with E-state index in [1.54, 1.807) is 12.5 Å². The van der Waals surface area contributed by atoms with Gasteiger partial charge in [0.05, 0.1) is 21.2 Å². The standard InChI is InChI=1S/C7H9N3OS3/c1-14(11)6-3-2-5(13-6)4-9-10-7(8)12/h2-4H,1H3,(H3,8,10,12)/b9-4-. The van der Waals surface area contributed by atoms with Crippen molar-refractivity contribution in [3.8, 4) is 0 Å². The summed E-state index contributed by atoms with van der Waals surface area (Å²) < 4.78 is 11.9. The Balaban J connectivity index is 2.64. The largest absolute Gasteiger partial charge is 0.375 e. The molecule has 14 heavy (non-hydrogen) atoms. The molecule has 1 rings (SSSR count). The van der Waals surface area contributed by atoms with E-state index in [0.29, 0.717) is 0 Å². The first-order valence-electron chi connectivity index (χ1n) is 3.61. The van der Waals surface area contributed by atoms with Gasteiger partial charge in [0.25, 0.3) is 0 Å². The van der Waals surface area contributed by atoms with E-state index in [-0.39, 0.29) is 5.11 Å². The lowest BCUT2D eigenvalue weighted by molar-refractivity contribution is 0.688. The third kappa shape index (κ3) is 3.52. The summed E-state index contributed by atoms with van der Waals surface area (Å²) in [6.07, 6.45) is 3.22. The van der Waals surface area contributed by atoms with Crippen LogP contribution in [0.5, 0.6) is 0 Å². The molecule has 0 saturated carbocycles. The highest BCUT2D eigenvalue weighted by Crippen LogP contribution is 2.17. The van der Waals surface area contributed by atoms with Crippen molar-refractivity contribution in [3.63, 3.8) is 0 Å². The van der Waals surface area contributed by atoms with Gasteiger partial charge in [-0.15, -0.1) is 11.3 Å². The molecule has 0 aliphatic rings. The molecule has 0 aromatic carbocycles. The predicted octanol–water partition coefficient (Wildman–Crippen LogP) is 0.653. The lowest BCUT2D eigenvalue weighted by Gasteiger charge is -1.91. The molecule has 7 heteroatoms. The van der Waals surface area contributed by atoms with Crippen molar-refractivity contribution in [2.75, 3.05) is 6.26 Å². The average molecular weight is 247 g/mol. The zero-order chi connectivity index (χ0) is 10.6. The van der Waals surface area contributed by atoms with Gasteiger partial charge >= 0.3 is 0 Å². The number of rotatable bonds is 3. The van der Waals surface area contributed by atoms with Crippen LogP contribution in [0.2, 0.25) is 0 Å². The predicted molar refractivity (Wildman–Crippen MR) is 64.2 cm³/mol. The van der Waals surface area contributed by atoms with E-state index in [0.717, 1.165) is 9.09 Å². The van der Waals surface area contributed by atoms with Crippen LogP contribution in [0, 0.1) is 0 Å². The summed E-state index contributed by atoms with van der Waals surface area (Å²) in [7, 11) is -0.936. The van der Waals surface area contributed by atoms with Crippen LogP contribution in [0.15, 0.2) is 21.4 Å². The van der Waals surface area contributed by atoms with Gasteiger partial charge < -0.3 is 5.73 Å². The van der Waals surface area contributed by atoms with Crippen molar-refractivity contribution < 1.29 is 4.21 Å². The number of nitrogens with two attached hydrogens (primary N) is 1. The Morgan fingerprint density at radius 3 is 3.00 bits per heavy atom. The first kappa shape index (κ1) is 11.3. The number of thiocarbonyl (C=S) groups is 1. The molecule has 0 radical (unpaired) electrons. The van der Waals surface area contributed by atoms with Gasteiger partial charge in [-0.1, -0.05) is 0 Å². The summed E-state index contributed by atoms with van der Waals surface area (Å²) in [5, 5.41) is 3.91. The van der Waals surface area contributed by atoms with Gasteiger partial charge in [-0.3, -0.25) is 9.63 Å². The van der Waals surface area contributed by atoms with Gasteiger partial charge in [-0.2, -0.15) is 5.10 Å². The van der Waals surface area contributed by atoms with E-state index in [1.165, 1.54) is 11.3 Å². The fourth-order valence-corrected chi connectivity index (χ4v) is 2.40. The van der Waals surface area contributed by atoms with Crippen molar-refractivity contribution >= 4 is 45.7 Å². The second-order valence-corrected chi connectivity index (χ2v) is 5.51. The minimum atomic E-state index is -0.936. The van der Waals surface area contributed by atoms with Crippen molar-refractivity contribution in [3.05, 3.63) is 17.0 Å². The lowest BCUT2D eigenvalue weighted by Crippen LogP contribution is -2.23. The quantitative estimate of drug-likeness (QED) is 0.467. The van der Waals surface area contributed by atoms with Gasteiger partial charge in [0.15, 0.2) is 5.11 Å². The highest BCUT2D eigenvalue weighted by Gasteiger charge is 2.00. The zero-order valence-corrected chi connectivity index (χ0v) is 9.84. The maximum Gasteiger partial charge on any atom is 0.184 e. The van der Waals surface area contributed by atoms with Gasteiger partial charge in [0.1, 0.15) is 0 Å². The number of hydrogen-bond donors (Lipinski definition) is 2. The van der Waals surface area contributed by atoms with Crippen LogP contribution in [-0.4, -0.2) is 21.8 Å². The first-order valence-corrected chi connectivity index (χ1v) is 6.39. The molecular weight excluding hydrogens is 238 g/mol. The molecule has 0 saturated heterocycles. The average Bonchev–Trinajstić information content (AvgIpc) is 2.52. The molecule has 0 bridgehead atoms. The first-order chi connectivity index (χ1) is 6.59. The van der Waals surface area contributed by atoms with Gasteiger partial charge in [0, 0.05) is 11.1 Å². The number of hydrazone groups is 1. The molecule has 1 atom stereocenters. The van der Waals surface area contributed by atoms with Crippen molar-refractivity contribution in [1.82, 2.24) is 5.43 Å². The Morgan fingerprint density at radius 1 is 1.79 bits per heavy atom. The molecule has 1 aromatic rings. The maximum absolute atomic E-state index is 11.1. The van der Waals surface area contributed by atoms with E-state index in [9.17, 15) is 4.21 Å². The Bertz CT molecular complexity index is 385. The van der Waals surface area contributed by atoms with Crippen LogP contribution in [-0.2, 0) is 10.8 Å². The van der Waals surface area contributed by atoms with E-state index >= 15 is 0 Å². The smallest absolute Gasteiger partial charge is 0.184 e. The highest BCUT2D eigenvalue weighted by molar-refractivity contribution is 7.86. The Kier molecular flexibility index (Phi) is 4.18. The van der Waals surface area contributed by atoms with Crippen molar-refractivity contribution in [2.24, 2.45) is 10.8 Å². The van der Waals surface area contributed by atoms with Crippen molar-refractivity contribution in [2.45, 2.75) is 4.21 Å². The topological polar surface area (TPSA) is 67.5 Å². The second-order valence-electron chi connectivity index (χ2n) is 2.35. The summed E-state index contributed by atoms with van der Waals surface area (Å²) in [6, 6.07) is 3.65. The van der Waals surface area contributed by atoms with Crippen LogP contribution >= 0.6 is 23.6 Å². The summed E-state index contributed by atoms with van der Waals surface area (Å²) in [5.74, 6) is 0.